The van der Waals surface area contributed by atoms with Gasteiger partial charge in [-0.2, -0.15) is 0 Å². The highest BCUT2D eigenvalue weighted by Crippen LogP contribution is 2.51. The smallest absolute Gasteiger partial charge is 0.180 e. The number of pyridine rings is 2. The number of hydrogen-bond donors (Lipinski definition) is 0. The predicted octanol–water partition coefficient (Wildman–Crippen LogP) is 3.80. The van der Waals surface area contributed by atoms with Crippen molar-refractivity contribution in [2.24, 2.45) is 0 Å². The van der Waals surface area contributed by atoms with Crippen LogP contribution in [0, 0.1) is 0 Å². The molecule has 2 aromatic heterocycles. The first kappa shape index (κ1) is 21.0. The second kappa shape index (κ2) is 8.24. The monoisotopic (exact) mass is 430 g/mol. The second-order valence-corrected chi connectivity index (χ2v) is 9.08. The molecule has 32 heavy (non-hydrogen) atoms. The normalized spacial score (nSPS) is 20.0. The van der Waals surface area contributed by atoms with E-state index in [-0.39, 0.29) is 17.1 Å². The molecule has 2 aliphatic carbocycles. The van der Waals surface area contributed by atoms with Crippen LogP contribution in [0.1, 0.15) is 66.8 Å². The van der Waals surface area contributed by atoms with Gasteiger partial charge >= 0.3 is 0 Å². The van der Waals surface area contributed by atoms with Crippen molar-refractivity contribution in [1.29, 1.82) is 0 Å². The van der Waals surface area contributed by atoms with Crippen LogP contribution in [0.2, 0.25) is 0 Å². The Labute approximate surface area is 189 Å². The van der Waals surface area contributed by atoms with Gasteiger partial charge in [-0.3, -0.25) is 24.5 Å². The molecule has 2 fully saturated rings. The number of carbonyl (C=O) groups is 2. The number of rotatable bonds is 6. The molecule has 3 heterocycles. The fourth-order valence-electron chi connectivity index (χ4n) is 5.10. The molecule has 2 aromatic rings. The van der Waals surface area contributed by atoms with Crippen LogP contribution in [0.3, 0.4) is 0 Å². The van der Waals surface area contributed by atoms with E-state index in [1.807, 2.05) is 44.4 Å². The van der Waals surface area contributed by atoms with Gasteiger partial charge < -0.3 is 4.90 Å². The van der Waals surface area contributed by atoms with Crippen LogP contribution in [-0.2, 0) is 16.8 Å². The zero-order valence-electron chi connectivity index (χ0n) is 18.9. The molecule has 0 atom stereocenters. The predicted molar refractivity (Wildman–Crippen MR) is 125 cm³/mol. The highest BCUT2D eigenvalue weighted by molar-refractivity contribution is 6.03. The Morgan fingerprint density at radius 1 is 1.06 bits per heavy atom. The van der Waals surface area contributed by atoms with Crippen LogP contribution >= 0.6 is 0 Å². The van der Waals surface area contributed by atoms with E-state index in [2.05, 4.69) is 20.9 Å². The third kappa shape index (κ3) is 3.66. The molecule has 1 saturated heterocycles. The average Bonchev–Trinajstić information content (AvgIpc) is 3.65. The molecule has 0 spiro atoms. The summed E-state index contributed by atoms with van der Waals surface area (Å²) >= 11 is 0. The number of aromatic nitrogens is 2. The average molecular weight is 431 g/mol. The van der Waals surface area contributed by atoms with Crippen molar-refractivity contribution >= 4 is 23.3 Å². The van der Waals surface area contributed by atoms with Crippen molar-refractivity contribution in [2.45, 2.75) is 51.5 Å². The molecule has 5 rings (SSSR count). The van der Waals surface area contributed by atoms with E-state index in [4.69, 9.17) is 4.98 Å². The number of nitrogens with zero attached hydrogens (tertiary/aromatic N) is 4. The topological polar surface area (TPSA) is 66.4 Å². The Balaban J connectivity index is 1.28. The summed E-state index contributed by atoms with van der Waals surface area (Å²) in [7, 11) is 0. The zero-order chi connectivity index (χ0) is 22.3. The summed E-state index contributed by atoms with van der Waals surface area (Å²) in [5.41, 5.74) is 5.87. The molecule has 166 valence electrons. The van der Waals surface area contributed by atoms with E-state index in [0.29, 0.717) is 18.5 Å². The van der Waals surface area contributed by atoms with E-state index < -0.39 is 0 Å². The van der Waals surface area contributed by atoms with Crippen molar-refractivity contribution in [2.75, 3.05) is 31.1 Å². The summed E-state index contributed by atoms with van der Waals surface area (Å²) in [4.78, 5) is 38.2. The van der Waals surface area contributed by atoms with Gasteiger partial charge in [-0.1, -0.05) is 13.8 Å². The Hall–Kier alpha value is -2.86. The highest BCUT2D eigenvalue weighted by atomic mass is 16.1. The second-order valence-electron chi connectivity index (χ2n) is 9.08. The molecular weight excluding hydrogens is 400 g/mol. The summed E-state index contributed by atoms with van der Waals surface area (Å²) in [5.74, 6) is 0.316. The van der Waals surface area contributed by atoms with Gasteiger partial charge in [-0.05, 0) is 60.2 Å². The fraction of sp³-hybridized carbons (Fsp3) is 0.462. The maximum atomic E-state index is 12.4. The Morgan fingerprint density at radius 3 is 2.47 bits per heavy atom. The van der Waals surface area contributed by atoms with Crippen molar-refractivity contribution in [1.82, 2.24) is 14.9 Å². The van der Waals surface area contributed by atoms with Gasteiger partial charge in [0.2, 0.25) is 0 Å². The van der Waals surface area contributed by atoms with Crippen LogP contribution in [0.4, 0.5) is 5.69 Å². The lowest BCUT2D eigenvalue weighted by atomic mass is 9.91. The van der Waals surface area contributed by atoms with Gasteiger partial charge in [-0.25, -0.2) is 0 Å². The summed E-state index contributed by atoms with van der Waals surface area (Å²) in [6.07, 6.45) is 9.84. The van der Waals surface area contributed by atoms with Gasteiger partial charge in [0, 0.05) is 50.8 Å². The summed E-state index contributed by atoms with van der Waals surface area (Å²) in [6, 6.07) is 6.09. The number of anilines is 1. The van der Waals surface area contributed by atoms with Gasteiger partial charge in [0.1, 0.15) is 5.69 Å². The van der Waals surface area contributed by atoms with Crippen molar-refractivity contribution in [3.05, 3.63) is 58.7 Å². The number of allylic oxidation sites excluding steroid dienone is 1. The number of Topliss-reactive ketones (excluding diaryl/α,β-unsaturated/α-hetero) is 2. The van der Waals surface area contributed by atoms with Crippen LogP contribution in [0.25, 0.3) is 6.08 Å². The Kier molecular flexibility index (Phi) is 5.41. The molecule has 1 aliphatic heterocycles. The minimum Gasteiger partial charge on any atom is -0.368 e. The number of ketones is 2. The molecule has 0 N–H and O–H groups in total. The van der Waals surface area contributed by atoms with Crippen LogP contribution in [0.5, 0.6) is 0 Å². The fourth-order valence-corrected chi connectivity index (χ4v) is 5.10. The molecule has 6 nitrogen and oxygen atoms in total. The summed E-state index contributed by atoms with van der Waals surface area (Å²) in [6.45, 7) is 7.71. The number of hydrogen-bond acceptors (Lipinski definition) is 6. The lowest BCUT2D eigenvalue weighted by Gasteiger charge is -2.41. The number of fused-ring (bicyclic) bond motifs is 1. The quantitative estimate of drug-likeness (QED) is 0.650. The molecular formula is C26H30N4O2. The third-order valence-electron chi connectivity index (χ3n) is 7.27. The van der Waals surface area contributed by atoms with E-state index >= 15 is 0 Å². The molecule has 1 saturated carbocycles. The molecule has 0 radical (unpaired) electrons. The Morgan fingerprint density at radius 2 is 1.84 bits per heavy atom. The zero-order valence-corrected chi connectivity index (χ0v) is 18.9. The Bertz CT molecular complexity index is 1080. The van der Waals surface area contributed by atoms with Crippen molar-refractivity contribution < 1.29 is 9.59 Å². The number of piperazine rings is 1. The largest absolute Gasteiger partial charge is 0.368 e. The maximum absolute atomic E-state index is 12.4. The van der Waals surface area contributed by atoms with Crippen molar-refractivity contribution in [3.8, 4) is 0 Å². The molecule has 0 bridgehead atoms. The lowest BCUT2D eigenvalue weighted by Crippen LogP contribution is -2.50. The molecule has 6 heteroatoms. The van der Waals surface area contributed by atoms with Crippen LogP contribution in [-0.4, -0.2) is 52.6 Å². The van der Waals surface area contributed by atoms with Gasteiger partial charge in [-0.15, -0.1) is 0 Å². The van der Waals surface area contributed by atoms with E-state index in [1.54, 1.807) is 0 Å². The molecule has 0 amide bonds. The molecule has 0 unspecified atom stereocenters. The van der Waals surface area contributed by atoms with E-state index in [9.17, 15) is 9.59 Å². The van der Waals surface area contributed by atoms with E-state index in [0.717, 1.165) is 68.0 Å². The van der Waals surface area contributed by atoms with Gasteiger partial charge in [0.05, 0.1) is 17.6 Å². The summed E-state index contributed by atoms with van der Waals surface area (Å²) < 4.78 is 0. The first-order chi connectivity index (χ1) is 15.5. The molecule has 3 aliphatic rings. The minimum absolute atomic E-state index is 0.0710. The summed E-state index contributed by atoms with van der Waals surface area (Å²) in [5, 5.41) is 0. The maximum Gasteiger partial charge on any atom is 0.180 e. The SMILES string of the molecule is CCC(=O)c1ccc(N2CCN(C3(c4cnc5c(c4)CC(=O)C(CC)=C5)CC3)CC2)cn1. The van der Waals surface area contributed by atoms with E-state index in [1.165, 1.54) is 5.56 Å². The standard InChI is InChI=1S/C26H30N4O2/c1-3-18-14-23-19(15-25(18)32)13-20(16-27-23)26(7-8-26)30-11-9-29(10-12-30)21-5-6-22(28-17-21)24(31)4-2/h5-6,13-14,16-17H,3-4,7-12,15H2,1-2H3. The molecule has 0 aromatic carbocycles. The minimum atomic E-state index is 0.0710. The highest BCUT2D eigenvalue weighted by Gasteiger charge is 2.50. The van der Waals surface area contributed by atoms with Gasteiger partial charge in [0.15, 0.2) is 11.6 Å². The first-order valence-electron chi connectivity index (χ1n) is 11.8. The first-order valence-corrected chi connectivity index (χ1v) is 11.8. The van der Waals surface area contributed by atoms with Crippen LogP contribution < -0.4 is 4.90 Å². The van der Waals surface area contributed by atoms with Crippen LogP contribution in [0.15, 0.2) is 36.2 Å². The van der Waals surface area contributed by atoms with Crippen molar-refractivity contribution in [3.63, 3.8) is 0 Å². The van der Waals surface area contributed by atoms with Gasteiger partial charge in [0.25, 0.3) is 0 Å². The third-order valence-corrected chi connectivity index (χ3v) is 7.27. The number of carbonyl (C=O) groups excluding carboxylic acids is 2. The lowest BCUT2D eigenvalue weighted by molar-refractivity contribution is -0.115.